The van der Waals surface area contributed by atoms with Gasteiger partial charge in [0.25, 0.3) is 0 Å². The van der Waals surface area contributed by atoms with Crippen LogP contribution >= 0.6 is 15.9 Å². The number of rotatable bonds is 4. The summed E-state index contributed by atoms with van der Waals surface area (Å²) in [5.74, 6) is 0.844. The molecule has 2 rings (SSSR count). The Balaban J connectivity index is 2.18. The topological polar surface area (TPSA) is 62.9 Å². The summed E-state index contributed by atoms with van der Waals surface area (Å²) in [5, 5.41) is 15.8. The molecular formula is C13H19BrN4O. The third kappa shape index (κ3) is 3.25. The molecule has 5 nitrogen and oxygen atoms in total. The van der Waals surface area contributed by atoms with Crippen molar-refractivity contribution in [2.75, 3.05) is 20.2 Å². The van der Waals surface area contributed by atoms with Crippen LogP contribution in [0.2, 0.25) is 0 Å². The van der Waals surface area contributed by atoms with Crippen LogP contribution in [0.15, 0.2) is 16.7 Å². The van der Waals surface area contributed by atoms with Crippen LogP contribution in [0, 0.1) is 18.3 Å². The first kappa shape index (κ1) is 14.3. The van der Waals surface area contributed by atoms with Gasteiger partial charge in [-0.05, 0) is 42.2 Å². The van der Waals surface area contributed by atoms with Crippen molar-refractivity contribution in [2.45, 2.75) is 19.8 Å². The Morgan fingerprint density at radius 1 is 1.68 bits per heavy atom. The number of ether oxygens (including phenoxy) is 1. The average molecular weight is 327 g/mol. The molecule has 1 aliphatic heterocycles. The molecule has 0 bridgehead atoms. The van der Waals surface area contributed by atoms with Crippen LogP contribution in [-0.4, -0.2) is 35.7 Å². The molecule has 2 N–H and O–H groups in total. The average Bonchev–Trinajstić information content (AvgIpc) is 2.77. The molecule has 1 aliphatic rings. The maximum absolute atomic E-state index is 8.19. The molecular weight excluding hydrogens is 308 g/mol. The Morgan fingerprint density at radius 2 is 2.47 bits per heavy atom. The van der Waals surface area contributed by atoms with Crippen LogP contribution in [0.4, 0.5) is 0 Å². The van der Waals surface area contributed by atoms with Crippen LogP contribution in [0.5, 0.6) is 0 Å². The van der Waals surface area contributed by atoms with Gasteiger partial charge in [-0.15, -0.1) is 0 Å². The molecule has 0 aromatic carbocycles. The van der Waals surface area contributed by atoms with Crippen molar-refractivity contribution in [2.24, 2.45) is 5.92 Å². The second-order valence-corrected chi connectivity index (χ2v) is 5.53. The van der Waals surface area contributed by atoms with Crippen molar-refractivity contribution in [1.82, 2.24) is 15.1 Å². The van der Waals surface area contributed by atoms with E-state index in [0.717, 1.165) is 36.1 Å². The first-order chi connectivity index (χ1) is 9.13. The molecule has 1 unspecified atom stereocenters. The predicted molar refractivity (Wildman–Crippen MR) is 79.3 cm³/mol. The van der Waals surface area contributed by atoms with Gasteiger partial charge in [-0.2, -0.15) is 5.10 Å². The molecule has 1 atom stereocenters. The van der Waals surface area contributed by atoms with E-state index in [0.29, 0.717) is 11.6 Å². The van der Waals surface area contributed by atoms with E-state index in [-0.39, 0.29) is 5.92 Å². The molecule has 6 heteroatoms. The molecule has 1 aromatic heterocycles. The van der Waals surface area contributed by atoms with Gasteiger partial charge in [0.2, 0.25) is 5.88 Å². The molecule has 0 radical (unpaired) electrons. The van der Waals surface area contributed by atoms with Gasteiger partial charge in [0.15, 0.2) is 0 Å². The summed E-state index contributed by atoms with van der Waals surface area (Å²) in [4.78, 5) is 0. The Bertz CT molecular complexity index is 489. The SMILES string of the molecule is CO/C(=C/C(=N)C1CCCNC1)n1ncc(Br)c1C. The fourth-order valence-electron chi connectivity index (χ4n) is 2.19. The molecule has 1 saturated heterocycles. The first-order valence-electron chi connectivity index (χ1n) is 6.39. The van der Waals surface area contributed by atoms with E-state index in [2.05, 4.69) is 26.3 Å². The third-order valence-electron chi connectivity index (χ3n) is 3.38. The summed E-state index contributed by atoms with van der Waals surface area (Å²) in [6, 6.07) is 0. The quantitative estimate of drug-likeness (QED) is 0.659. The molecule has 0 spiro atoms. The maximum atomic E-state index is 8.19. The van der Waals surface area contributed by atoms with E-state index in [4.69, 9.17) is 10.1 Å². The lowest BCUT2D eigenvalue weighted by Gasteiger charge is -2.22. The fraction of sp³-hybridized carbons (Fsp3) is 0.538. The van der Waals surface area contributed by atoms with Gasteiger partial charge in [-0.25, -0.2) is 4.68 Å². The Hall–Kier alpha value is -1.14. The van der Waals surface area contributed by atoms with Gasteiger partial charge >= 0.3 is 0 Å². The van der Waals surface area contributed by atoms with Crippen molar-refractivity contribution in [3.8, 4) is 0 Å². The molecule has 2 heterocycles. The normalized spacial score (nSPS) is 20.4. The van der Waals surface area contributed by atoms with Crippen LogP contribution in [0.1, 0.15) is 18.5 Å². The summed E-state index contributed by atoms with van der Waals surface area (Å²) < 4.78 is 8.01. The van der Waals surface area contributed by atoms with Gasteiger partial charge in [-0.3, -0.25) is 0 Å². The highest BCUT2D eigenvalue weighted by Gasteiger charge is 2.18. The zero-order chi connectivity index (χ0) is 13.8. The van der Waals surface area contributed by atoms with E-state index in [1.165, 1.54) is 0 Å². The van der Waals surface area contributed by atoms with E-state index in [9.17, 15) is 0 Å². The highest BCUT2D eigenvalue weighted by Crippen LogP contribution is 2.20. The zero-order valence-corrected chi connectivity index (χ0v) is 12.8. The number of halogens is 1. The van der Waals surface area contributed by atoms with Crippen LogP contribution in [0.25, 0.3) is 5.88 Å². The monoisotopic (exact) mass is 326 g/mol. The lowest BCUT2D eigenvalue weighted by atomic mass is 9.94. The molecule has 0 amide bonds. The highest BCUT2D eigenvalue weighted by molar-refractivity contribution is 9.10. The Kier molecular flexibility index (Phi) is 4.76. The minimum absolute atomic E-state index is 0.262. The van der Waals surface area contributed by atoms with Gasteiger partial charge < -0.3 is 15.5 Å². The summed E-state index contributed by atoms with van der Waals surface area (Å²) in [6.07, 6.45) is 5.68. The van der Waals surface area contributed by atoms with Crippen molar-refractivity contribution in [1.29, 1.82) is 5.41 Å². The lowest BCUT2D eigenvalue weighted by molar-refractivity contribution is 0.335. The van der Waals surface area contributed by atoms with Gasteiger partial charge in [0.1, 0.15) is 0 Å². The van der Waals surface area contributed by atoms with Crippen molar-refractivity contribution >= 4 is 27.5 Å². The number of hydrogen-bond donors (Lipinski definition) is 2. The van der Waals surface area contributed by atoms with Crippen molar-refractivity contribution in [3.63, 3.8) is 0 Å². The fourth-order valence-corrected chi connectivity index (χ4v) is 2.45. The summed E-state index contributed by atoms with van der Waals surface area (Å²) in [7, 11) is 1.60. The highest BCUT2D eigenvalue weighted by atomic mass is 79.9. The summed E-state index contributed by atoms with van der Waals surface area (Å²) in [6.45, 7) is 3.87. The minimum Gasteiger partial charge on any atom is -0.481 e. The maximum Gasteiger partial charge on any atom is 0.216 e. The minimum atomic E-state index is 0.262. The second-order valence-electron chi connectivity index (χ2n) is 4.68. The van der Waals surface area contributed by atoms with Crippen LogP contribution in [0.3, 0.4) is 0 Å². The number of nitrogens with zero attached hydrogens (tertiary/aromatic N) is 2. The van der Waals surface area contributed by atoms with Gasteiger partial charge in [0.05, 0.1) is 23.5 Å². The summed E-state index contributed by atoms with van der Waals surface area (Å²) in [5.41, 5.74) is 1.55. The number of piperidine rings is 1. The molecule has 19 heavy (non-hydrogen) atoms. The van der Waals surface area contributed by atoms with Crippen molar-refractivity contribution < 1.29 is 4.74 Å². The third-order valence-corrected chi connectivity index (χ3v) is 4.16. The summed E-state index contributed by atoms with van der Waals surface area (Å²) >= 11 is 3.43. The molecule has 1 aromatic rings. The van der Waals surface area contributed by atoms with E-state index in [1.807, 2.05) is 6.92 Å². The Morgan fingerprint density at radius 3 is 3.00 bits per heavy atom. The molecule has 104 valence electrons. The standard InChI is InChI=1S/C13H19BrN4O/c1-9-11(14)8-17-18(9)13(19-2)6-12(15)10-4-3-5-16-7-10/h6,8,10,15-16H,3-5,7H2,1-2H3/b13-6+,15-12?. The van der Waals surface area contributed by atoms with Gasteiger partial charge in [0, 0.05) is 24.3 Å². The molecule has 1 fully saturated rings. The number of nitrogens with one attached hydrogen (secondary N) is 2. The molecule has 0 saturated carbocycles. The lowest BCUT2D eigenvalue weighted by Crippen LogP contribution is -2.33. The van der Waals surface area contributed by atoms with E-state index >= 15 is 0 Å². The molecule has 0 aliphatic carbocycles. The number of allylic oxidation sites excluding steroid dienone is 1. The first-order valence-corrected chi connectivity index (χ1v) is 7.18. The van der Waals surface area contributed by atoms with Crippen LogP contribution in [-0.2, 0) is 4.74 Å². The van der Waals surface area contributed by atoms with Crippen molar-refractivity contribution in [3.05, 3.63) is 22.4 Å². The second kappa shape index (κ2) is 6.34. The largest absolute Gasteiger partial charge is 0.481 e. The van der Waals surface area contributed by atoms with Crippen LogP contribution < -0.4 is 5.32 Å². The Labute approximate surface area is 121 Å². The van der Waals surface area contributed by atoms with Gasteiger partial charge in [-0.1, -0.05) is 0 Å². The predicted octanol–water partition coefficient (Wildman–Crippen LogP) is 2.42. The zero-order valence-electron chi connectivity index (χ0n) is 11.2. The number of methoxy groups -OCH3 is 1. The van der Waals surface area contributed by atoms with E-state index < -0.39 is 0 Å². The smallest absolute Gasteiger partial charge is 0.216 e. The number of hydrogen-bond acceptors (Lipinski definition) is 4. The van der Waals surface area contributed by atoms with E-state index in [1.54, 1.807) is 24.1 Å². The number of aromatic nitrogens is 2.